The van der Waals surface area contributed by atoms with Gasteiger partial charge in [0.25, 0.3) is 0 Å². The van der Waals surface area contributed by atoms with Gasteiger partial charge in [0.15, 0.2) is 0 Å². The van der Waals surface area contributed by atoms with Crippen molar-refractivity contribution in [3.05, 3.63) is 35.9 Å². The summed E-state index contributed by atoms with van der Waals surface area (Å²) in [5.74, 6) is -0.728. The van der Waals surface area contributed by atoms with Crippen molar-refractivity contribution in [1.29, 1.82) is 0 Å². The van der Waals surface area contributed by atoms with Crippen molar-refractivity contribution in [2.45, 2.75) is 38.3 Å². The monoisotopic (exact) mass is 302 g/mol. The van der Waals surface area contributed by atoms with E-state index in [0.29, 0.717) is 6.04 Å². The molecule has 1 aromatic rings. The number of carboxylic acids is 1. The summed E-state index contributed by atoms with van der Waals surface area (Å²) in [6.07, 6.45) is 3.93. The van der Waals surface area contributed by atoms with E-state index in [2.05, 4.69) is 40.1 Å². The summed E-state index contributed by atoms with van der Waals surface area (Å²) >= 11 is 0. The molecule has 1 saturated heterocycles. The second-order valence-electron chi connectivity index (χ2n) is 6.65. The highest BCUT2D eigenvalue weighted by atomic mass is 16.4. The van der Waals surface area contributed by atoms with Gasteiger partial charge in [0, 0.05) is 38.8 Å². The van der Waals surface area contributed by atoms with Crippen LogP contribution in [0.3, 0.4) is 0 Å². The van der Waals surface area contributed by atoms with Crippen molar-refractivity contribution in [1.82, 2.24) is 9.80 Å². The van der Waals surface area contributed by atoms with Gasteiger partial charge in [-0.15, -0.1) is 0 Å². The third-order valence-electron chi connectivity index (χ3n) is 5.17. The smallest absolute Gasteiger partial charge is 0.306 e. The molecular weight excluding hydrogens is 276 g/mol. The van der Waals surface area contributed by atoms with E-state index in [-0.39, 0.29) is 5.92 Å². The maximum Gasteiger partial charge on any atom is 0.306 e. The molecule has 1 aliphatic carbocycles. The number of carbonyl (C=O) groups is 1. The van der Waals surface area contributed by atoms with E-state index in [1.54, 1.807) is 0 Å². The number of nitrogens with zero attached hydrogens (tertiary/aromatic N) is 2. The molecule has 0 amide bonds. The number of aliphatic carboxylic acids is 1. The van der Waals surface area contributed by atoms with Crippen LogP contribution in [0.5, 0.6) is 0 Å². The molecule has 3 rings (SSSR count). The molecule has 0 bridgehead atoms. The Balaban J connectivity index is 1.48. The Kier molecular flexibility index (Phi) is 5.11. The highest BCUT2D eigenvalue weighted by Crippen LogP contribution is 2.28. The minimum Gasteiger partial charge on any atom is -0.481 e. The normalized spacial score (nSPS) is 27.6. The van der Waals surface area contributed by atoms with Crippen LogP contribution in [0.25, 0.3) is 0 Å². The summed E-state index contributed by atoms with van der Waals surface area (Å²) < 4.78 is 0. The Morgan fingerprint density at radius 1 is 1.09 bits per heavy atom. The van der Waals surface area contributed by atoms with Gasteiger partial charge in [-0.05, 0) is 24.8 Å². The standard InChI is InChI=1S/C18H26N2O2/c21-18(22)16-7-4-8-17(13-16)20-11-9-19(10-12-20)14-15-5-2-1-3-6-15/h1-3,5-6,16-17H,4,7-14H2,(H,21,22)/t16-,17+/m0/s1. The summed E-state index contributed by atoms with van der Waals surface area (Å²) in [6, 6.07) is 11.1. The first-order chi connectivity index (χ1) is 10.7. The molecule has 2 aliphatic rings. The minimum atomic E-state index is -0.604. The number of rotatable bonds is 4. The Bertz CT molecular complexity index is 483. The molecule has 4 nitrogen and oxygen atoms in total. The zero-order valence-electron chi connectivity index (χ0n) is 13.2. The van der Waals surface area contributed by atoms with Gasteiger partial charge in [-0.1, -0.05) is 36.8 Å². The summed E-state index contributed by atoms with van der Waals surface area (Å²) in [7, 11) is 0. The van der Waals surface area contributed by atoms with Crippen LogP contribution in [-0.2, 0) is 11.3 Å². The van der Waals surface area contributed by atoms with Crippen LogP contribution in [0.4, 0.5) is 0 Å². The highest BCUT2D eigenvalue weighted by molar-refractivity contribution is 5.70. The fourth-order valence-corrected chi connectivity index (χ4v) is 3.85. The average molecular weight is 302 g/mol. The molecular formula is C18H26N2O2. The summed E-state index contributed by atoms with van der Waals surface area (Å²) in [4.78, 5) is 16.2. The van der Waals surface area contributed by atoms with Crippen molar-refractivity contribution in [2.24, 2.45) is 5.92 Å². The third kappa shape index (κ3) is 3.87. The van der Waals surface area contributed by atoms with Crippen LogP contribution in [0.2, 0.25) is 0 Å². The predicted molar refractivity (Wildman–Crippen MR) is 86.7 cm³/mol. The minimum absolute atomic E-state index is 0.124. The lowest BCUT2D eigenvalue weighted by atomic mass is 9.85. The van der Waals surface area contributed by atoms with Crippen molar-refractivity contribution in [3.8, 4) is 0 Å². The second kappa shape index (κ2) is 7.25. The third-order valence-corrected chi connectivity index (χ3v) is 5.17. The number of piperazine rings is 1. The summed E-state index contributed by atoms with van der Waals surface area (Å²) in [5.41, 5.74) is 1.37. The fourth-order valence-electron chi connectivity index (χ4n) is 3.85. The molecule has 1 aliphatic heterocycles. The molecule has 120 valence electrons. The maximum atomic E-state index is 11.2. The second-order valence-corrected chi connectivity index (χ2v) is 6.65. The Hall–Kier alpha value is -1.39. The van der Waals surface area contributed by atoms with E-state index < -0.39 is 5.97 Å². The van der Waals surface area contributed by atoms with E-state index in [1.165, 1.54) is 12.0 Å². The summed E-state index contributed by atoms with van der Waals surface area (Å²) in [5, 5.41) is 9.23. The van der Waals surface area contributed by atoms with Crippen molar-refractivity contribution >= 4 is 5.97 Å². The topological polar surface area (TPSA) is 43.8 Å². The van der Waals surface area contributed by atoms with Crippen LogP contribution in [-0.4, -0.2) is 53.1 Å². The van der Waals surface area contributed by atoms with Crippen molar-refractivity contribution in [3.63, 3.8) is 0 Å². The zero-order valence-corrected chi connectivity index (χ0v) is 13.2. The van der Waals surface area contributed by atoms with Crippen LogP contribution in [0, 0.1) is 5.92 Å². The molecule has 1 aromatic carbocycles. The zero-order chi connectivity index (χ0) is 15.4. The van der Waals surface area contributed by atoms with Crippen LogP contribution in [0.15, 0.2) is 30.3 Å². The largest absolute Gasteiger partial charge is 0.481 e. The number of benzene rings is 1. The fraction of sp³-hybridized carbons (Fsp3) is 0.611. The van der Waals surface area contributed by atoms with E-state index in [4.69, 9.17) is 0 Å². The van der Waals surface area contributed by atoms with Crippen LogP contribution < -0.4 is 0 Å². The molecule has 4 heteroatoms. The SMILES string of the molecule is O=C(O)[C@H]1CCC[C@@H](N2CCN(Cc3ccccc3)CC2)C1. The molecule has 22 heavy (non-hydrogen) atoms. The molecule has 0 spiro atoms. The van der Waals surface area contributed by atoms with Crippen molar-refractivity contribution in [2.75, 3.05) is 26.2 Å². The van der Waals surface area contributed by atoms with Gasteiger partial charge in [0.05, 0.1) is 5.92 Å². The quantitative estimate of drug-likeness (QED) is 0.928. The molecule has 0 radical (unpaired) electrons. The van der Waals surface area contributed by atoms with Gasteiger partial charge < -0.3 is 5.11 Å². The molecule has 2 atom stereocenters. The Morgan fingerprint density at radius 3 is 2.50 bits per heavy atom. The molecule has 1 heterocycles. The lowest BCUT2D eigenvalue weighted by Gasteiger charge is -2.41. The molecule has 1 N–H and O–H groups in total. The predicted octanol–water partition coefficient (Wildman–Crippen LogP) is 2.45. The van der Waals surface area contributed by atoms with Crippen LogP contribution in [0.1, 0.15) is 31.2 Å². The first-order valence-electron chi connectivity index (χ1n) is 8.45. The lowest BCUT2D eigenvalue weighted by Crippen LogP contribution is -2.51. The van der Waals surface area contributed by atoms with Gasteiger partial charge in [-0.2, -0.15) is 0 Å². The van der Waals surface area contributed by atoms with E-state index in [0.717, 1.165) is 52.0 Å². The van der Waals surface area contributed by atoms with E-state index in [1.807, 2.05) is 0 Å². The highest BCUT2D eigenvalue weighted by Gasteiger charge is 2.31. The number of carboxylic acid groups (broad SMARTS) is 1. The summed E-state index contributed by atoms with van der Waals surface area (Å²) in [6.45, 7) is 5.34. The molecule has 0 unspecified atom stereocenters. The van der Waals surface area contributed by atoms with Gasteiger partial charge in [0.2, 0.25) is 0 Å². The van der Waals surface area contributed by atoms with Crippen LogP contribution >= 0.6 is 0 Å². The molecule has 1 saturated carbocycles. The van der Waals surface area contributed by atoms with E-state index in [9.17, 15) is 9.90 Å². The first kappa shape index (κ1) is 15.5. The van der Waals surface area contributed by atoms with Gasteiger partial charge in [0.1, 0.15) is 0 Å². The maximum absolute atomic E-state index is 11.2. The Morgan fingerprint density at radius 2 is 1.82 bits per heavy atom. The Labute approximate surface area is 132 Å². The molecule has 0 aromatic heterocycles. The first-order valence-corrected chi connectivity index (χ1v) is 8.45. The number of hydrogen-bond acceptors (Lipinski definition) is 3. The van der Waals surface area contributed by atoms with Crippen molar-refractivity contribution < 1.29 is 9.90 Å². The van der Waals surface area contributed by atoms with Gasteiger partial charge in [-0.3, -0.25) is 14.6 Å². The lowest BCUT2D eigenvalue weighted by molar-refractivity contribution is -0.143. The van der Waals surface area contributed by atoms with E-state index >= 15 is 0 Å². The van der Waals surface area contributed by atoms with Gasteiger partial charge in [-0.25, -0.2) is 0 Å². The number of hydrogen-bond donors (Lipinski definition) is 1. The average Bonchev–Trinajstić information content (AvgIpc) is 2.56. The van der Waals surface area contributed by atoms with Gasteiger partial charge >= 0.3 is 5.97 Å². The molecule has 2 fully saturated rings.